The largest absolute Gasteiger partial charge is 0.168 e. The molecule has 0 bridgehead atoms. The van der Waals surface area contributed by atoms with Crippen molar-refractivity contribution in [2.75, 3.05) is 0 Å². The minimum atomic E-state index is -0.115. The summed E-state index contributed by atoms with van der Waals surface area (Å²) in [4.78, 5) is 0. The summed E-state index contributed by atoms with van der Waals surface area (Å²) in [5.41, 5.74) is 1.09. The first-order valence-corrected chi connectivity index (χ1v) is 3.65. The van der Waals surface area contributed by atoms with Gasteiger partial charge in [0.15, 0.2) is 0 Å². The van der Waals surface area contributed by atoms with Gasteiger partial charge in [-0.15, -0.1) is 0 Å². The van der Waals surface area contributed by atoms with E-state index < -0.39 is 0 Å². The standard InChI is InChI=1S/C9H14S/c1-5-7-8(6-2)9(3,4)10/h5-7,10H,1-2H2,3-4H3/b8-7+. The molecule has 0 aliphatic rings. The summed E-state index contributed by atoms with van der Waals surface area (Å²) in [6, 6.07) is 0. The van der Waals surface area contributed by atoms with Crippen molar-refractivity contribution in [3.8, 4) is 0 Å². The van der Waals surface area contributed by atoms with Crippen LogP contribution in [0, 0.1) is 0 Å². The van der Waals surface area contributed by atoms with Gasteiger partial charge in [-0.1, -0.05) is 31.4 Å². The van der Waals surface area contributed by atoms with E-state index in [1.54, 1.807) is 12.2 Å². The van der Waals surface area contributed by atoms with Crippen LogP contribution in [0.3, 0.4) is 0 Å². The molecule has 0 amide bonds. The van der Waals surface area contributed by atoms with Gasteiger partial charge in [0.05, 0.1) is 0 Å². The molecule has 0 unspecified atom stereocenters. The van der Waals surface area contributed by atoms with Crippen LogP contribution in [0.2, 0.25) is 0 Å². The number of hydrogen-bond acceptors (Lipinski definition) is 1. The van der Waals surface area contributed by atoms with E-state index in [-0.39, 0.29) is 4.75 Å². The van der Waals surface area contributed by atoms with Gasteiger partial charge in [0.1, 0.15) is 0 Å². The van der Waals surface area contributed by atoms with Crippen LogP contribution >= 0.6 is 12.6 Å². The van der Waals surface area contributed by atoms with E-state index in [0.29, 0.717) is 0 Å². The molecule has 0 spiro atoms. The SMILES string of the molecule is C=C/C=C(\C=C)C(C)(C)S. The van der Waals surface area contributed by atoms with Gasteiger partial charge in [0.25, 0.3) is 0 Å². The topological polar surface area (TPSA) is 0 Å². The van der Waals surface area contributed by atoms with E-state index >= 15 is 0 Å². The molecule has 0 heterocycles. The van der Waals surface area contributed by atoms with Crippen LogP contribution in [-0.4, -0.2) is 4.75 Å². The summed E-state index contributed by atoms with van der Waals surface area (Å²) >= 11 is 4.38. The molecule has 0 rings (SSSR count). The predicted molar refractivity (Wildman–Crippen MR) is 51.5 cm³/mol. The highest BCUT2D eigenvalue weighted by Crippen LogP contribution is 2.23. The summed E-state index contributed by atoms with van der Waals surface area (Å²) in [6.45, 7) is 11.3. The Bertz CT molecular complexity index is 158. The van der Waals surface area contributed by atoms with Crippen LogP contribution in [0.5, 0.6) is 0 Å². The normalized spacial score (nSPS) is 12.9. The smallest absolute Gasteiger partial charge is 0.0321 e. The van der Waals surface area contributed by atoms with Gasteiger partial charge in [-0.3, -0.25) is 0 Å². The summed E-state index contributed by atoms with van der Waals surface area (Å²) in [5.74, 6) is 0. The van der Waals surface area contributed by atoms with Crippen molar-refractivity contribution < 1.29 is 0 Å². The molecule has 0 aliphatic carbocycles. The minimum Gasteiger partial charge on any atom is -0.168 e. The Kier molecular flexibility index (Phi) is 3.51. The number of rotatable bonds is 3. The monoisotopic (exact) mass is 154 g/mol. The Hall–Kier alpha value is -0.430. The second kappa shape index (κ2) is 3.67. The highest BCUT2D eigenvalue weighted by atomic mass is 32.1. The van der Waals surface area contributed by atoms with Crippen LogP contribution in [0.25, 0.3) is 0 Å². The summed E-state index contributed by atoms with van der Waals surface area (Å²) in [6.07, 6.45) is 5.46. The lowest BCUT2D eigenvalue weighted by Gasteiger charge is -2.18. The molecule has 56 valence electrons. The molecule has 0 saturated heterocycles. The maximum Gasteiger partial charge on any atom is 0.0321 e. The van der Waals surface area contributed by atoms with Crippen molar-refractivity contribution in [3.05, 3.63) is 37.0 Å². The first-order chi connectivity index (χ1) is 4.52. The molecule has 0 aromatic heterocycles. The number of thiol groups is 1. The Balaban J connectivity index is 4.51. The fraction of sp³-hybridized carbons (Fsp3) is 0.333. The highest BCUT2D eigenvalue weighted by Gasteiger charge is 2.13. The van der Waals surface area contributed by atoms with Gasteiger partial charge in [-0.2, -0.15) is 12.6 Å². The Morgan fingerprint density at radius 3 is 2.00 bits per heavy atom. The first kappa shape index (κ1) is 9.57. The summed E-state index contributed by atoms with van der Waals surface area (Å²) in [5, 5.41) is 0. The van der Waals surface area contributed by atoms with Gasteiger partial charge in [0.2, 0.25) is 0 Å². The molecule has 0 radical (unpaired) electrons. The van der Waals surface area contributed by atoms with Gasteiger partial charge >= 0.3 is 0 Å². The number of allylic oxidation sites excluding steroid dienone is 3. The lowest BCUT2D eigenvalue weighted by Crippen LogP contribution is -2.12. The number of hydrogen-bond donors (Lipinski definition) is 1. The first-order valence-electron chi connectivity index (χ1n) is 3.20. The van der Waals surface area contributed by atoms with Crippen LogP contribution in [0.4, 0.5) is 0 Å². The van der Waals surface area contributed by atoms with E-state index in [2.05, 4.69) is 25.8 Å². The van der Waals surface area contributed by atoms with E-state index in [1.807, 2.05) is 19.9 Å². The predicted octanol–water partition coefficient (Wildman–Crippen LogP) is 2.99. The lowest BCUT2D eigenvalue weighted by atomic mass is 10.0. The second-order valence-electron chi connectivity index (χ2n) is 2.62. The maximum atomic E-state index is 4.38. The van der Waals surface area contributed by atoms with Gasteiger partial charge in [-0.05, 0) is 19.4 Å². The molecule has 0 atom stereocenters. The van der Waals surface area contributed by atoms with Gasteiger partial charge in [-0.25, -0.2) is 0 Å². The third-order valence-corrected chi connectivity index (χ3v) is 1.48. The van der Waals surface area contributed by atoms with Crippen molar-refractivity contribution in [1.82, 2.24) is 0 Å². The van der Waals surface area contributed by atoms with Gasteiger partial charge < -0.3 is 0 Å². The molecule has 0 fully saturated rings. The summed E-state index contributed by atoms with van der Waals surface area (Å²) in [7, 11) is 0. The average Bonchev–Trinajstić information content (AvgIpc) is 1.80. The highest BCUT2D eigenvalue weighted by molar-refractivity contribution is 7.82. The zero-order valence-corrected chi connectivity index (χ0v) is 7.49. The van der Waals surface area contributed by atoms with Crippen molar-refractivity contribution in [1.29, 1.82) is 0 Å². The van der Waals surface area contributed by atoms with Crippen LogP contribution in [0.1, 0.15) is 13.8 Å². The average molecular weight is 154 g/mol. The molecule has 0 aromatic rings. The molecule has 0 nitrogen and oxygen atoms in total. The third kappa shape index (κ3) is 2.92. The van der Waals surface area contributed by atoms with Crippen LogP contribution < -0.4 is 0 Å². The summed E-state index contributed by atoms with van der Waals surface area (Å²) < 4.78 is -0.115. The maximum absolute atomic E-state index is 4.38. The lowest BCUT2D eigenvalue weighted by molar-refractivity contribution is 0.867. The molecule has 0 saturated carbocycles. The molecular formula is C9H14S. The molecular weight excluding hydrogens is 140 g/mol. The molecule has 1 heteroatoms. The molecule has 0 aliphatic heterocycles. The Morgan fingerprint density at radius 2 is 1.90 bits per heavy atom. The Labute approximate surface area is 68.7 Å². The Morgan fingerprint density at radius 1 is 1.40 bits per heavy atom. The van der Waals surface area contributed by atoms with Crippen molar-refractivity contribution >= 4 is 12.6 Å². The zero-order chi connectivity index (χ0) is 8.20. The van der Waals surface area contributed by atoms with E-state index in [1.165, 1.54) is 0 Å². The second-order valence-corrected chi connectivity index (χ2v) is 3.74. The van der Waals surface area contributed by atoms with E-state index in [4.69, 9.17) is 0 Å². The van der Waals surface area contributed by atoms with E-state index in [0.717, 1.165) is 5.57 Å². The molecule has 0 aromatic carbocycles. The van der Waals surface area contributed by atoms with Crippen LogP contribution in [0.15, 0.2) is 37.0 Å². The zero-order valence-electron chi connectivity index (χ0n) is 6.59. The molecule has 0 N–H and O–H groups in total. The minimum absolute atomic E-state index is 0.115. The van der Waals surface area contributed by atoms with Crippen molar-refractivity contribution in [3.63, 3.8) is 0 Å². The van der Waals surface area contributed by atoms with Crippen molar-refractivity contribution in [2.45, 2.75) is 18.6 Å². The van der Waals surface area contributed by atoms with Crippen LogP contribution in [-0.2, 0) is 0 Å². The van der Waals surface area contributed by atoms with E-state index in [9.17, 15) is 0 Å². The fourth-order valence-electron chi connectivity index (χ4n) is 0.649. The van der Waals surface area contributed by atoms with Crippen molar-refractivity contribution in [2.24, 2.45) is 0 Å². The third-order valence-electron chi connectivity index (χ3n) is 1.22. The fourth-order valence-corrected chi connectivity index (χ4v) is 0.815. The van der Waals surface area contributed by atoms with Gasteiger partial charge in [0, 0.05) is 4.75 Å². The quantitative estimate of drug-likeness (QED) is 0.469. The molecule has 10 heavy (non-hydrogen) atoms.